The fourth-order valence-electron chi connectivity index (χ4n) is 2.46. The summed E-state index contributed by atoms with van der Waals surface area (Å²) in [6.45, 7) is 1.98. The van der Waals surface area contributed by atoms with Gasteiger partial charge in [-0.05, 0) is 39.7 Å². The summed E-state index contributed by atoms with van der Waals surface area (Å²) in [4.78, 5) is 27.9. The van der Waals surface area contributed by atoms with Crippen LogP contribution in [-0.4, -0.2) is 23.9 Å². The molecule has 0 saturated heterocycles. The van der Waals surface area contributed by atoms with E-state index in [9.17, 15) is 9.59 Å². The van der Waals surface area contributed by atoms with Crippen molar-refractivity contribution in [3.8, 4) is 17.0 Å². The molecule has 0 aliphatic heterocycles. The first-order valence-corrected chi connectivity index (χ1v) is 10.1. The van der Waals surface area contributed by atoms with Gasteiger partial charge >= 0.3 is 0 Å². The summed E-state index contributed by atoms with van der Waals surface area (Å²) in [5.74, 6) is 0.359. The highest BCUT2D eigenvalue weighted by Crippen LogP contribution is 2.28. The van der Waals surface area contributed by atoms with Gasteiger partial charge in [0.05, 0.1) is 17.3 Å². The van der Waals surface area contributed by atoms with Crippen molar-refractivity contribution < 1.29 is 14.3 Å². The van der Waals surface area contributed by atoms with Gasteiger partial charge in [0.2, 0.25) is 5.91 Å². The lowest BCUT2D eigenvalue weighted by molar-refractivity contribution is -0.119. The SMILES string of the molecule is COc1ccc(C(=O)Nc2nc(-c3ccc(CNC(C)=O)cc3)cs2)cc1Br. The minimum atomic E-state index is -0.241. The number of hydrogen-bond acceptors (Lipinski definition) is 5. The number of benzene rings is 2. The lowest BCUT2D eigenvalue weighted by atomic mass is 10.1. The van der Waals surface area contributed by atoms with Crippen LogP contribution in [0.25, 0.3) is 11.3 Å². The van der Waals surface area contributed by atoms with E-state index < -0.39 is 0 Å². The molecule has 0 spiro atoms. The third kappa shape index (κ3) is 4.96. The first-order valence-electron chi connectivity index (χ1n) is 8.40. The summed E-state index contributed by atoms with van der Waals surface area (Å²) in [5.41, 5.74) is 3.23. The van der Waals surface area contributed by atoms with Gasteiger partial charge in [0, 0.05) is 30.0 Å². The number of ether oxygens (including phenoxy) is 1. The second-order valence-electron chi connectivity index (χ2n) is 5.95. The Morgan fingerprint density at radius 1 is 1.18 bits per heavy atom. The van der Waals surface area contributed by atoms with Crippen LogP contribution in [0, 0.1) is 0 Å². The summed E-state index contributed by atoms with van der Waals surface area (Å²) in [5, 5.41) is 7.99. The van der Waals surface area contributed by atoms with Gasteiger partial charge in [-0.15, -0.1) is 11.3 Å². The van der Waals surface area contributed by atoms with Crippen LogP contribution in [0.5, 0.6) is 5.75 Å². The zero-order chi connectivity index (χ0) is 20.1. The Hall–Kier alpha value is -2.71. The van der Waals surface area contributed by atoms with Crippen molar-refractivity contribution in [2.24, 2.45) is 0 Å². The van der Waals surface area contributed by atoms with E-state index in [0.717, 1.165) is 16.8 Å². The monoisotopic (exact) mass is 459 g/mol. The highest BCUT2D eigenvalue weighted by atomic mass is 79.9. The Bertz CT molecular complexity index is 1000. The quantitative estimate of drug-likeness (QED) is 0.569. The Morgan fingerprint density at radius 2 is 1.93 bits per heavy atom. The average Bonchev–Trinajstić information content (AvgIpc) is 3.15. The van der Waals surface area contributed by atoms with Crippen molar-refractivity contribution in [1.29, 1.82) is 0 Å². The highest BCUT2D eigenvalue weighted by molar-refractivity contribution is 9.10. The Kier molecular flexibility index (Phi) is 6.43. The van der Waals surface area contributed by atoms with Crippen molar-refractivity contribution >= 4 is 44.2 Å². The minimum Gasteiger partial charge on any atom is -0.496 e. The number of carbonyl (C=O) groups is 2. The molecule has 8 heteroatoms. The molecule has 144 valence electrons. The van der Waals surface area contributed by atoms with E-state index >= 15 is 0 Å². The zero-order valence-corrected chi connectivity index (χ0v) is 17.7. The lowest BCUT2D eigenvalue weighted by Crippen LogP contribution is -2.18. The molecule has 2 aromatic carbocycles. The molecule has 0 aliphatic rings. The largest absolute Gasteiger partial charge is 0.496 e. The number of rotatable bonds is 6. The van der Waals surface area contributed by atoms with Gasteiger partial charge in [0.1, 0.15) is 5.75 Å². The van der Waals surface area contributed by atoms with Crippen LogP contribution >= 0.6 is 27.3 Å². The van der Waals surface area contributed by atoms with E-state index in [2.05, 4.69) is 31.5 Å². The molecule has 3 rings (SSSR count). The van der Waals surface area contributed by atoms with Crippen LogP contribution in [0.2, 0.25) is 0 Å². The van der Waals surface area contributed by atoms with E-state index in [1.165, 1.54) is 18.3 Å². The van der Waals surface area contributed by atoms with E-state index in [1.54, 1.807) is 25.3 Å². The molecule has 0 atom stereocenters. The highest BCUT2D eigenvalue weighted by Gasteiger charge is 2.12. The fourth-order valence-corrected chi connectivity index (χ4v) is 3.72. The minimum absolute atomic E-state index is 0.0622. The Balaban J connectivity index is 1.67. The van der Waals surface area contributed by atoms with Crippen LogP contribution < -0.4 is 15.4 Å². The van der Waals surface area contributed by atoms with Gasteiger partial charge in [-0.3, -0.25) is 14.9 Å². The number of aromatic nitrogens is 1. The van der Waals surface area contributed by atoms with Crippen molar-refractivity contribution in [1.82, 2.24) is 10.3 Å². The molecule has 2 amide bonds. The first-order chi connectivity index (χ1) is 13.5. The summed E-state index contributed by atoms with van der Waals surface area (Å²) < 4.78 is 5.89. The number of hydrogen-bond donors (Lipinski definition) is 2. The zero-order valence-electron chi connectivity index (χ0n) is 15.3. The van der Waals surface area contributed by atoms with Crippen LogP contribution in [0.15, 0.2) is 52.3 Å². The topological polar surface area (TPSA) is 80.3 Å². The molecule has 0 saturated carbocycles. The molecule has 0 unspecified atom stereocenters. The molecule has 1 heterocycles. The molecule has 2 N–H and O–H groups in total. The fraction of sp³-hybridized carbons (Fsp3) is 0.150. The standard InChI is InChI=1S/C20H18BrN3O3S/c1-12(25)22-10-13-3-5-14(6-4-13)17-11-28-20(23-17)24-19(26)15-7-8-18(27-2)16(21)9-15/h3-9,11H,10H2,1-2H3,(H,22,25)(H,23,24,26). The Labute approximate surface area is 175 Å². The third-order valence-corrected chi connectivity index (χ3v) is 5.31. The van der Waals surface area contributed by atoms with Crippen LogP contribution in [0.3, 0.4) is 0 Å². The number of methoxy groups -OCH3 is 1. The maximum Gasteiger partial charge on any atom is 0.257 e. The van der Waals surface area contributed by atoms with Gasteiger partial charge in [-0.25, -0.2) is 4.98 Å². The van der Waals surface area contributed by atoms with Gasteiger partial charge in [-0.2, -0.15) is 0 Å². The number of carbonyl (C=O) groups excluding carboxylic acids is 2. The summed E-state index contributed by atoms with van der Waals surface area (Å²) in [7, 11) is 1.57. The number of nitrogens with one attached hydrogen (secondary N) is 2. The van der Waals surface area contributed by atoms with E-state index in [1.807, 2.05) is 29.6 Å². The first kappa shape index (κ1) is 20.0. The van der Waals surface area contributed by atoms with Gasteiger partial charge in [0.25, 0.3) is 5.91 Å². The summed E-state index contributed by atoms with van der Waals surface area (Å²) in [6, 6.07) is 12.9. The number of halogens is 1. The van der Waals surface area contributed by atoms with Crippen molar-refractivity contribution in [2.75, 3.05) is 12.4 Å². The van der Waals surface area contributed by atoms with Crippen LogP contribution in [0.4, 0.5) is 5.13 Å². The molecule has 0 fully saturated rings. The predicted octanol–water partition coefficient (Wildman–Crippen LogP) is 4.47. The number of amides is 2. The molecule has 1 aromatic heterocycles. The molecule has 0 bridgehead atoms. The summed E-state index contributed by atoms with van der Waals surface area (Å²) in [6.07, 6.45) is 0. The van der Waals surface area contributed by atoms with E-state index in [0.29, 0.717) is 27.5 Å². The van der Waals surface area contributed by atoms with Gasteiger partial charge in [-0.1, -0.05) is 24.3 Å². The molecule has 3 aromatic rings. The van der Waals surface area contributed by atoms with Gasteiger partial charge < -0.3 is 10.1 Å². The van der Waals surface area contributed by atoms with Crippen molar-refractivity contribution in [2.45, 2.75) is 13.5 Å². The number of nitrogens with zero attached hydrogens (tertiary/aromatic N) is 1. The molecular weight excluding hydrogens is 442 g/mol. The van der Waals surface area contributed by atoms with Crippen molar-refractivity contribution in [3.05, 3.63) is 63.4 Å². The molecular formula is C20H18BrN3O3S. The molecule has 0 aliphatic carbocycles. The summed E-state index contributed by atoms with van der Waals surface area (Å²) >= 11 is 4.74. The van der Waals surface area contributed by atoms with E-state index in [-0.39, 0.29) is 11.8 Å². The smallest absolute Gasteiger partial charge is 0.257 e. The predicted molar refractivity (Wildman–Crippen MR) is 114 cm³/mol. The number of thiazole rings is 1. The maximum absolute atomic E-state index is 12.4. The normalized spacial score (nSPS) is 10.4. The van der Waals surface area contributed by atoms with Crippen LogP contribution in [-0.2, 0) is 11.3 Å². The molecule has 28 heavy (non-hydrogen) atoms. The number of anilines is 1. The van der Waals surface area contributed by atoms with Crippen LogP contribution in [0.1, 0.15) is 22.8 Å². The molecule has 6 nitrogen and oxygen atoms in total. The Morgan fingerprint density at radius 3 is 2.57 bits per heavy atom. The molecule has 0 radical (unpaired) electrons. The second-order valence-corrected chi connectivity index (χ2v) is 7.66. The third-order valence-electron chi connectivity index (χ3n) is 3.93. The lowest BCUT2D eigenvalue weighted by Gasteiger charge is -2.06. The maximum atomic E-state index is 12.4. The average molecular weight is 460 g/mol. The van der Waals surface area contributed by atoms with E-state index in [4.69, 9.17) is 4.74 Å². The van der Waals surface area contributed by atoms with Gasteiger partial charge in [0.15, 0.2) is 5.13 Å². The second kappa shape index (κ2) is 8.99. The van der Waals surface area contributed by atoms with Crippen molar-refractivity contribution in [3.63, 3.8) is 0 Å².